The smallest absolute Gasteiger partial charge is 0.132 e. The zero-order chi connectivity index (χ0) is 13.8. The van der Waals surface area contributed by atoms with Crippen LogP contribution in [0.5, 0.6) is 0 Å². The Morgan fingerprint density at radius 1 is 1.11 bits per heavy atom. The molecule has 1 aromatic carbocycles. The van der Waals surface area contributed by atoms with Crippen molar-refractivity contribution in [1.82, 2.24) is 9.97 Å². The van der Waals surface area contributed by atoms with Crippen molar-refractivity contribution < 1.29 is 8.78 Å². The van der Waals surface area contributed by atoms with Crippen molar-refractivity contribution in [2.75, 3.05) is 12.4 Å². The molecular formula is C14H15F2N3. The summed E-state index contributed by atoms with van der Waals surface area (Å²) in [6, 6.07) is 3.41. The summed E-state index contributed by atoms with van der Waals surface area (Å²) in [7, 11) is 1.76. The first-order valence-corrected chi connectivity index (χ1v) is 6.13. The van der Waals surface area contributed by atoms with Crippen molar-refractivity contribution in [2.24, 2.45) is 0 Å². The highest BCUT2D eigenvalue weighted by Crippen LogP contribution is 2.27. The first-order chi connectivity index (χ1) is 9.15. The lowest BCUT2D eigenvalue weighted by molar-refractivity contribution is 0.584. The van der Waals surface area contributed by atoms with E-state index in [1.54, 1.807) is 7.05 Å². The molecule has 1 aromatic heterocycles. The lowest BCUT2D eigenvalue weighted by Crippen LogP contribution is -2.03. The van der Waals surface area contributed by atoms with E-state index in [0.29, 0.717) is 17.1 Å². The molecule has 0 bridgehead atoms. The quantitative estimate of drug-likeness (QED) is 0.918. The number of nitrogens with one attached hydrogen (secondary N) is 1. The second-order valence-electron chi connectivity index (χ2n) is 4.21. The summed E-state index contributed by atoms with van der Waals surface area (Å²) in [6.45, 7) is 2.03. The van der Waals surface area contributed by atoms with Gasteiger partial charge in [0.1, 0.15) is 23.8 Å². The van der Waals surface area contributed by atoms with Gasteiger partial charge in [-0.2, -0.15) is 0 Å². The third-order valence-electron chi connectivity index (χ3n) is 2.82. The maximum absolute atomic E-state index is 13.3. The normalized spacial score (nSPS) is 10.5. The van der Waals surface area contributed by atoms with Crippen LogP contribution in [0.25, 0.3) is 11.3 Å². The van der Waals surface area contributed by atoms with E-state index >= 15 is 0 Å². The largest absolute Gasteiger partial charge is 0.373 e. The number of halogens is 2. The second-order valence-corrected chi connectivity index (χ2v) is 4.21. The van der Waals surface area contributed by atoms with Crippen molar-refractivity contribution >= 4 is 5.82 Å². The molecule has 1 N–H and O–H groups in total. The molecule has 3 nitrogen and oxygen atoms in total. The molecule has 0 radical (unpaired) electrons. The van der Waals surface area contributed by atoms with Gasteiger partial charge in [0, 0.05) is 24.2 Å². The third kappa shape index (κ3) is 2.86. The minimum atomic E-state index is -0.609. The summed E-state index contributed by atoms with van der Waals surface area (Å²) in [6.07, 6.45) is 3.03. The van der Waals surface area contributed by atoms with E-state index < -0.39 is 11.6 Å². The molecule has 0 atom stereocenters. The molecule has 0 saturated carbocycles. The van der Waals surface area contributed by atoms with Gasteiger partial charge in [-0.1, -0.05) is 13.3 Å². The summed E-state index contributed by atoms with van der Waals surface area (Å²) >= 11 is 0. The first kappa shape index (κ1) is 13.4. The zero-order valence-corrected chi connectivity index (χ0v) is 10.9. The summed E-state index contributed by atoms with van der Waals surface area (Å²) < 4.78 is 26.6. The van der Waals surface area contributed by atoms with Gasteiger partial charge in [0.15, 0.2) is 0 Å². The van der Waals surface area contributed by atoms with Gasteiger partial charge in [0.05, 0.1) is 5.69 Å². The molecule has 0 unspecified atom stereocenters. The van der Waals surface area contributed by atoms with E-state index in [2.05, 4.69) is 15.3 Å². The predicted octanol–water partition coefficient (Wildman–Crippen LogP) is 3.42. The van der Waals surface area contributed by atoms with Crippen LogP contribution in [0.4, 0.5) is 14.6 Å². The molecule has 2 rings (SSSR count). The van der Waals surface area contributed by atoms with Gasteiger partial charge in [0.25, 0.3) is 0 Å². The number of aromatic nitrogens is 2. The van der Waals surface area contributed by atoms with Crippen LogP contribution >= 0.6 is 0 Å². The standard InChI is InChI=1S/C14H15F2N3/c1-3-4-12-13(18-8-19-14(12)17-2)9-5-10(15)7-11(16)6-9/h5-8H,3-4H2,1-2H3,(H,17,18,19). The van der Waals surface area contributed by atoms with E-state index in [9.17, 15) is 8.78 Å². The van der Waals surface area contributed by atoms with Crippen LogP contribution < -0.4 is 5.32 Å². The van der Waals surface area contributed by atoms with E-state index in [-0.39, 0.29) is 0 Å². The van der Waals surface area contributed by atoms with Crippen LogP contribution in [0.2, 0.25) is 0 Å². The Morgan fingerprint density at radius 2 is 1.79 bits per heavy atom. The minimum Gasteiger partial charge on any atom is -0.373 e. The molecule has 0 saturated heterocycles. The van der Waals surface area contributed by atoms with Gasteiger partial charge in [-0.05, 0) is 18.6 Å². The zero-order valence-electron chi connectivity index (χ0n) is 10.9. The topological polar surface area (TPSA) is 37.8 Å². The van der Waals surface area contributed by atoms with Crippen molar-refractivity contribution in [3.63, 3.8) is 0 Å². The lowest BCUT2D eigenvalue weighted by Gasteiger charge is -2.12. The van der Waals surface area contributed by atoms with E-state index in [1.807, 2.05) is 6.92 Å². The van der Waals surface area contributed by atoms with Crippen molar-refractivity contribution in [2.45, 2.75) is 19.8 Å². The van der Waals surface area contributed by atoms with Crippen LogP contribution in [-0.2, 0) is 6.42 Å². The van der Waals surface area contributed by atoms with E-state index in [4.69, 9.17) is 0 Å². The molecule has 0 aliphatic carbocycles. The van der Waals surface area contributed by atoms with Gasteiger partial charge < -0.3 is 5.32 Å². The molecule has 19 heavy (non-hydrogen) atoms. The number of anilines is 1. The lowest BCUT2D eigenvalue weighted by atomic mass is 10.0. The SMILES string of the molecule is CCCc1c(NC)ncnc1-c1cc(F)cc(F)c1. The first-order valence-electron chi connectivity index (χ1n) is 6.13. The molecule has 2 aromatic rings. The van der Waals surface area contributed by atoms with Crippen molar-refractivity contribution in [1.29, 1.82) is 0 Å². The number of hydrogen-bond donors (Lipinski definition) is 1. The van der Waals surface area contributed by atoms with Crippen LogP contribution in [0.1, 0.15) is 18.9 Å². The number of nitrogens with zero attached hydrogens (tertiary/aromatic N) is 2. The predicted molar refractivity (Wildman–Crippen MR) is 70.9 cm³/mol. The fourth-order valence-electron chi connectivity index (χ4n) is 2.05. The highest BCUT2D eigenvalue weighted by Gasteiger charge is 2.13. The Bertz CT molecular complexity index is 565. The summed E-state index contributed by atoms with van der Waals surface area (Å²) in [5, 5.41) is 2.98. The van der Waals surface area contributed by atoms with Gasteiger partial charge in [-0.25, -0.2) is 18.7 Å². The third-order valence-corrected chi connectivity index (χ3v) is 2.82. The maximum atomic E-state index is 13.3. The maximum Gasteiger partial charge on any atom is 0.132 e. The second kappa shape index (κ2) is 5.73. The molecule has 0 amide bonds. The molecular weight excluding hydrogens is 248 g/mol. The number of hydrogen-bond acceptors (Lipinski definition) is 3. The number of rotatable bonds is 4. The van der Waals surface area contributed by atoms with E-state index in [1.165, 1.54) is 18.5 Å². The van der Waals surface area contributed by atoms with Crippen molar-refractivity contribution in [3.05, 3.63) is 41.7 Å². The fourth-order valence-corrected chi connectivity index (χ4v) is 2.05. The van der Waals surface area contributed by atoms with Gasteiger partial charge in [-0.3, -0.25) is 0 Å². The van der Waals surface area contributed by atoms with Gasteiger partial charge in [0.2, 0.25) is 0 Å². The Hall–Kier alpha value is -2.04. The molecule has 0 aliphatic heterocycles. The molecule has 0 spiro atoms. The highest BCUT2D eigenvalue weighted by molar-refractivity contribution is 5.68. The molecule has 0 aliphatic rings. The minimum absolute atomic E-state index is 0.430. The van der Waals surface area contributed by atoms with Crippen LogP contribution in [0.3, 0.4) is 0 Å². The fraction of sp³-hybridized carbons (Fsp3) is 0.286. The monoisotopic (exact) mass is 263 g/mol. The van der Waals surface area contributed by atoms with Crippen LogP contribution in [0.15, 0.2) is 24.5 Å². The molecule has 0 fully saturated rings. The number of benzene rings is 1. The van der Waals surface area contributed by atoms with Gasteiger partial charge in [-0.15, -0.1) is 0 Å². The van der Waals surface area contributed by atoms with Crippen molar-refractivity contribution in [3.8, 4) is 11.3 Å². The van der Waals surface area contributed by atoms with E-state index in [0.717, 1.165) is 24.5 Å². The summed E-state index contributed by atoms with van der Waals surface area (Å²) in [5.41, 5.74) is 1.87. The summed E-state index contributed by atoms with van der Waals surface area (Å²) in [4.78, 5) is 8.31. The summed E-state index contributed by atoms with van der Waals surface area (Å²) in [5.74, 6) is -0.527. The molecule has 5 heteroatoms. The van der Waals surface area contributed by atoms with Crippen LogP contribution in [-0.4, -0.2) is 17.0 Å². The Balaban J connectivity index is 2.60. The van der Waals surface area contributed by atoms with Crippen LogP contribution in [0, 0.1) is 11.6 Å². The van der Waals surface area contributed by atoms with Gasteiger partial charge >= 0.3 is 0 Å². The highest BCUT2D eigenvalue weighted by atomic mass is 19.1. The average molecular weight is 263 g/mol. The molecule has 1 heterocycles. The molecule has 100 valence electrons. The Labute approximate surface area is 110 Å². The Morgan fingerprint density at radius 3 is 2.37 bits per heavy atom. The Kier molecular flexibility index (Phi) is 4.04. The average Bonchev–Trinajstić information content (AvgIpc) is 2.38.